The number of hydrogen-bond acceptors (Lipinski definition) is 6. The molecule has 0 amide bonds. The van der Waals surface area contributed by atoms with Gasteiger partial charge in [0.2, 0.25) is 0 Å². The van der Waals surface area contributed by atoms with Crippen molar-refractivity contribution in [3.63, 3.8) is 0 Å². The van der Waals surface area contributed by atoms with E-state index >= 15 is 0 Å². The normalized spacial score (nSPS) is 17.0. The predicted octanol–water partition coefficient (Wildman–Crippen LogP) is -1.41. The molecule has 0 aliphatic rings. The number of carbonyl (C=O) groups is 2. The highest BCUT2D eigenvalue weighted by molar-refractivity contribution is 6.34. The van der Waals surface area contributed by atoms with Crippen LogP contribution in [0.15, 0.2) is 0 Å². The molecule has 0 aliphatic carbocycles. The molecule has 0 aromatic rings. The summed E-state index contributed by atoms with van der Waals surface area (Å²) in [5.41, 5.74) is 5.12. The fourth-order valence-electron chi connectivity index (χ4n) is 0.553. The lowest BCUT2D eigenvalue weighted by Gasteiger charge is -2.22. The molecule has 0 saturated carbocycles. The van der Waals surface area contributed by atoms with Crippen molar-refractivity contribution in [3.8, 4) is 0 Å². The number of carbonyl (C=O) groups excluding carboxylic acids is 2. The minimum Gasteiger partial charge on any atom is -0.468 e. The monoisotopic (exact) mass is 211 g/mol. The van der Waals surface area contributed by atoms with Crippen LogP contribution < -0.4 is 5.73 Å². The average Bonchev–Trinajstić information content (AvgIpc) is 2.13. The molecule has 2 atom stereocenters. The van der Waals surface area contributed by atoms with Gasteiger partial charge in [-0.05, 0) is 0 Å². The largest absolute Gasteiger partial charge is 0.468 e. The zero-order valence-electron chi connectivity index (χ0n) is 7.11. The van der Waals surface area contributed by atoms with E-state index in [0.717, 1.165) is 14.2 Å². The number of nitrogens with two attached hydrogens (primary N) is 1. The fraction of sp³-hybridized carbons (Fsp3) is 0.667. The summed E-state index contributed by atoms with van der Waals surface area (Å²) < 4.78 is 8.30. The number of rotatable bonds is 3. The molecule has 0 bridgehead atoms. The Morgan fingerprint density at radius 3 is 2.23 bits per heavy atom. The lowest BCUT2D eigenvalue weighted by atomic mass is 10.1. The van der Waals surface area contributed by atoms with Crippen LogP contribution in [0, 0.1) is 0 Å². The van der Waals surface area contributed by atoms with Gasteiger partial charge in [0.15, 0.2) is 6.04 Å². The number of hydrogen-bond donors (Lipinski definition) is 2. The summed E-state index contributed by atoms with van der Waals surface area (Å²) in [7, 11) is 2.05. The van der Waals surface area contributed by atoms with Crippen LogP contribution in [0.4, 0.5) is 0 Å². The number of esters is 2. The fourth-order valence-corrected chi connectivity index (χ4v) is 0.719. The number of ether oxygens (including phenoxy) is 2. The number of aliphatic hydroxyl groups is 1. The SMILES string of the molecule is COC(=O)C(N)C(O)(Cl)C(=O)OC. The van der Waals surface area contributed by atoms with Crippen LogP contribution in [0.1, 0.15) is 0 Å². The Labute approximate surface area is 79.6 Å². The summed E-state index contributed by atoms with van der Waals surface area (Å²) in [6.07, 6.45) is 0. The van der Waals surface area contributed by atoms with E-state index < -0.39 is 23.0 Å². The van der Waals surface area contributed by atoms with Gasteiger partial charge in [-0.3, -0.25) is 4.79 Å². The van der Waals surface area contributed by atoms with E-state index in [0.29, 0.717) is 0 Å². The van der Waals surface area contributed by atoms with Crippen molar-refractivity contribution < 1.29 is 24.2 Å². The lowest BCUT2D eigenvalue weighted by Crippen LogP contribution is -2.54. The van der Waals surface area contributed by atoms with Gasteiger partial charge in [0.1, 0.15) is 0 Å². The Bertz CT molecular complexity index is 217. The third-order valence-electron chi connectivity index (χ3n) is 1.34. The summed E-state index contributed by atoms with van der Waals surface area (Å²) in [6.45, 7) is 0. The average molecular weight is 212 g/mol. The molecule has 0 aromatic carbocycles. The lowest BCUT2D eigenvalue weighted by molar-refractivity contribution is -0.162. The zero-order chi connectivity index (χ0) is 10.6. The second-order valence-electron chi connectivity index (χ2n) is 2.17. The Morgan fingerprint density at radius 2 is 1.92 bits per heavy atom. The van der Waals surface area contributed by atoms with Crippen LogP contribution in [-0.2, 0) is 19.1 Å². The second kappa shape index (κ2) is 4.40. The first kappa shape index (κ1) is 12.2. The predicted molar refractivity (Wildman–Crippen MR) is 42.8 cm³/mol. The number of alkyl halides is 1. The maximum absolute atomic E-state index is 10.8. The van der Waals surface area contributed by atoms with Crippen molar-refractivity contribution in [3.05, 3.63) is 0 Å². The molecule has 0 aliphatic heterocycles. The van der Waals surface area contributed by atoms with Gasteiger partial charge >= 0.3 is 11.9 Å². The summed E-state index contributed by atoms with van der Waals surface area (Å²) in [5.74, 6) is -2.23. The maximum Gasteiger partial charge on any atom is 0.356 e. The Hall–Kier alpha value is -0.850. The Morgan fingerprint density at radius 1 is 1.46 bits per heavy atom. The molecule has 2 unspecified atom stereocenters. The number of halogens is 1. The van der Waals surface area contributed by atoms with Crippen molar-refractivity contribution in [2.24, 2.45) is 5.73 Å². The minimum absolute atomic E-state index is 1.000. The van der Waals surface area contributed by atoms with E-state index in [1.807, 2.05) is 0 Å². The van der Waals surface area contributed by atoms with Crippen LogP contribution >= 0.6 is 11.6 Å². The van der Waals surface area contributed by atoms with E-state index in [-0.39, 0.29) is 0 Å². The second-order valence-corrected chi connectivity index (χ2v) is 2.74. The van der Waals surface area contributed by atoms with E-state index in [9.17, 15) is 14.7 Å². The molecular formula is C6H10ClNO5. The first-order valence-electron chi connectivity index (χ1n) is 3.21. The summed E-state index contributed by atoms with van der Waals surface area (Å²) in [6, 6.07) is -1.69. The summed E-state index contributed by atoms with van der Waals surface area (Å²) in [5, 5.41) is 6.62. The van der Waals surface area contributed by atoms with E-state index in [4.69, 9.17) is 17.3 Å². The summed E-state index contributed by atoms with van der Waals surface area (Å²) >= 11 is 5.27. The van der Waals surface area contributed by atoms with Gasteiger partial charge in [0.25, 0.3) is 5.06 Å². The van der Waals surface area contributed by atoms with Crippen molar-refractivity contribution >= 4 is 23.5 Å². The molecule has 0 radical (unpaired) electrons. The van der Waals surface area contributed by atoms with Gasteiger partial charge in [-0.1, -0.05) is 11.6 Å². The van der Waals surface area contributed by atoms with Crippen LogP contribution in [0.2, 0.25) is 0 Å². The molecule has 0 spiro atoms. The van der Waals surface area contributed by atoms with E-state index in [1.54, 1.807) is 0 Å². The molecule has 0 fully saturated rings. The zero-order valence-corrected chi connectivity index (χ0v) is 7.87. The van der Waals surface area contributed by atoms with Crippen molar-refractivity contribution in [1.82, 2.24) is 0 Å². The smallest absolute Gasteiger partial charge is 0.356 e. The topological polar surface area (TPSA) is 98.9 Å². The van der Waals surface area contributed by atoms with Crippen LogP contribution in [-0.4, -0.2) is 42.4 Å². The van der Waals surface area contributed by atoms with Gasteiger partial charge in [-0.2, -0.15) is 0 Å². The molecule has 0 saturated heterocycles. The Balaban J connectivity index is 4.62. The standard InChI is InChI=1S/C6H10ClNO5/c1-12-4(9)3(8)6(7,11)5(10)13-2/h3,11H,8H2,1-2H3. The van der Waals surface area contributed by atoms with Crippen molar-refractivity contribution in [1.29, 1.82) is 0 Å². The van der Waals surface area contributed by atoms with E-state index in [2.05, 4.69) is 9.47 Å². The first-order valence-corrected chi connectivity index (χ1v) is 3.58. The Kier molecular flexibility index (Phi) is 4.12. The molecular weight excluding hydrogens is 202 g/mol. The van der Waals surface area contributed by atoms with Crippen molar-refractivity contribution in [2.75, 3.05) is 14.2 Å². The van der Waals surface area contributed by atoms with Crippen molar-refractivity contribution in [2.45, 2.75) is 11.1 Å². The molecule has 0 heterocycles. The molecule has 13 heavy (non-hydrogen) atoms. The van der Waals surface area contributed by atoms with Gasteiger partial charge in [-0.15, -0.1) is 0 Å². The number of methoxy groups -OCH3 is 2. The molecule has 76 valence electrons. The third-order valence-corrected chi connectivity index (χ3v) is 1.73. The first-order chi connectivity index (χ1) is 5.87. The molecule has 7 heteroatoms. The van der Waals surface area contributed by atoms with Crippen LogP contribution in [0.25, 0.3) is 0 Å². The van der Waals surface area contributed by atoms with Gasteiger partial charge in [-0.25, -0.2) is 4.79 Å². The minimum atomic E-state index is -2.60. The molecule has 0 rings (SSSR count). The van der Waals surface area contributed by atoms with Crippen LogP contribution in [0.3, 0.4) is 0 Å². The highest BCUT2D eigenvalue weighted by atomic mass is 35.5. The molecule has 3 N–H and O–H groups in total. The third kappa shape index (κ3) is 2.55. The highest BCUT2D eigenvalue weighted by Crippen LogP contribution is 2.17. The quantitative estimate of drug-likeness (QED) is 0.440. The van der Waals surface area contributed by atoms with E-state index in [1.165, 1.54) is 0 Å². The maximum atomic E-state index is 10.8. The molecule has 6 nitrogen and oxygen atoms in total. The van der Waals surface area contributed by atoms with Gasteiger partial charge in [0, 0.05) is 0 Å². The van der Waals surface area contributed by atoms with Gasteiger partial charge < -0.3 is 20.3 Å². The van der Waals surface area contributed by atoms with Crippen LogP contribution in [0.5, 0.6) is 0 Å². The van der Waals surface area contributed by atoms with Gasteiger partial charge in [0.05, 0.1) is 14.2 Å². The summed E-state index contributed by atoms with van der Waals surface area (Å²) in [4.78, 5) is 21.6. The highest BCUT2D eigenvalue weighted by Gasteiger charge is 2.46. The molecule has 0 aromatic heterocycles.